The van der Waals surface area contributed by atoms with E-state index in [0.717, 1.165) is 24.3 Å². The predicted molar refractivity (Wildman–Crippen MR) is 109 cm³/mol. The Morgan fingerprint density at radius 2 is 1.55 bits per heavy atom. The molecule has 5 atom stereocenters. The number of benzene rings is 2. The van der Waals surface area contributed by atoms with Crippen LogP contribution in [0.5, 0.6) is 34.5 Å². The molecule has 12 heteroatoms. The Kier molecular flexibility index (Phi) is 5.46. The number of ether oxygens (including phenoxy) is 2. The summed E-state index contributed by atoms with van der Waals surface area (Å²) in [5, 5.41) is 79.7. The highest BCUT2D eigenvalue weighted by Gasteiger charge is 2.43. The third-order valence-electron chi connectivity index (χ3n) is 5.30. The van der Waals surface area contributed by atoms with E-state index in [4.69, 9.17) is 13.9 Å². The Morgan fingerprint density at radius 3 is 2.24 bits per heavy atom. The van der Waals surface area contributed by atoms with Crippen molar-refractivity contribution < 1.29 is 54.7 Å². The van der Waals surface area contributed by atoms with E-state index in [1.807, 2.05) is 0 Å². The fourth-order valence-electron chi connectivity index (χ4n) is 3.52. The lowest BCUT2D eigenvalue weighted by Crippen LogP contribution is -2.58. The van der Waals surface area contributed by atoms with Crippen molar-refractivity contribution in [3.63, 3.8) is 0 Å². The van der Waals surface area contributed by atoms with Crippen LogP contribution in [-0.2, 0) is 4.74 Å². The first-order valence-electron chi connectivity index (χ1n) is 9.64. The van der Waals surface area contributed by atoms with Gasteiger partial charge in [0.05, 0.1) is 6.10 Å². The summed E-state index contributed by atoms with van der Waals surface area (Å²) >= 11 is 0. The maximum Gasteiger partial charge on any atom is 0.238 e. The van der Waals surface area contributed by atoms with E-state index in [0.29, 0.717) is 0 Å². The highest BCUT2D eigenvalue weighted by atomic mass is 16.7. The molecule has 0 aliphatic carbocycles. The number of rotatable bonds is 3. The molecule has 33 heavy (non-hydrogen) atoms. The Bertz CT molecular complexity index is 1280. The topological polar surface area (TPSA) is 211 Å². The van der Waals surface area contributed by atoms with E-state index in [9.17, 15) is 45.6 Å². The van der Waals surface area contributed by atoms with Crippen LogP contribution in [0.4, 0.5) is 0 Å². The van der Waals surface area contributed by atoms with Gasteiger partial charge in [-0.3, -0.25) is 4.79 Å². The third kappa shape index (κ3) is 3.74. The summed E-state index contributed by atoms with van der Waals surface area (Å²) in [5.41, 5.74) is -1.48. The van der Waals surface area contributed by atoms with Gasteiger partial charge in [0.2, 0.25) is 23.2 Å². The molecule has 0 spiro atoms. The molecule has 1 aliphatic heterocycles. The first kappa shape index (κ1) is 22.5. The number of hydrogen-bond donors (Lipinski definition) is 8. The van der Waals surface area contributed by atoms with E-state index in [1.165, 1.54) is 6.92 Å². The van der Waals surface area contributed by atoms with E-state index in [-0.39, 0.29) is 11.1 Å². The summed E-state index contributed by atoms with van der Waals surface area (Å²) in [6.45, 7) is 1.41. The molecule has 0 amide bonds. The smallest absolute Gasteiger partial charge is 0.238 e. The second-order valence-corrected chi connectivity index (χ2v) is 7.59. The lowest BCUT2D eigenvalue weighted by atomic mass is 10.00. The van der Waals surface area contributed by atoms with Crippen LogP contribution < -0.4 is 10.2 Å². The van der Waals surface area contributed by atoms with Gasteiger partial charge >= 0.3 is 0 Å². The Morgan fingerprint density at radius 1 is 0.848 bits per heavy atom. The predicted octanol–water partition coefficient (Wildman–Crippen LogP) is 0.194. The van der Waals surface area contributed by atoms with Gasteiger partial charge < -0.3 is 54.7 Å². The maximum absolute atomic E-state index is 12.6. The monoisotopic (exact) mass is 464 g/mol. The zero-order valence-electron chi connectivity index (χ0n) is 16.9. The average molecular weight is 464 g/mol. The number of hydrogen-bond acceptors (Lipinski definition) is 12. The van der Waals surface area contributed by atoms with Crippen LogP contribution in [0.15, 0.2) is 33.5 Å². The number of phenols is 4. The summed E-state index contributed by atoms with van der Waals surface area (Å²) in [6, 6.07) is 3.89. The van der Waals surface area contributed by atoms with Crippen LogP contribution in [0.25, 0.3) is 22.3 Å². The van der Waals surface area contributed by atoms with Gasteiger partial charge in [0.1, 0.15) is 40.8 Å². The molecule has 2 heterocycles. The van der Waals surface area contributed by atoms with Crippen molar-refractivity contribution in [1.82, 2.24) is 0 Å². The highest BCUT2D eigenvalue weighted by Crippen LogP contribution is 2.43. The highest BCUT2D eigenvalue weighted by molar-refractivity contribution is 5.88. The van der Waals surface area contributed by atoms with E-state index in [1.54, 1.807) is 0 Å². The molecule has 1 aromatic heterocycles. The van der Waals surface area contributed by atoms with Crippen molar-refractivity contribution in [2.75, 3.05) is 0 Å². The second kappa shape index (κ2) is 8.01. The van der Waals surface area contributed by atoms with Crippen molar-refractivity contribution in [3.8, 4) is 45.8 Å². The van der Waals surface area contributed by atoms with Gasteiger partial charge in [0.15, 0.2) is 17.3 Å². The molecule has 0 radical (unpaired) electrons. The molecular weight excluding hydrogens is 444 g/mol. The van der Waals surface area contributed by atoms with Gasteiger partial charge in [-0.05, 0) is 19.1 Å². The minimum absolute atomic E-state index is 0.168. The molecule has 2 aromatic carbocycles. The van der Waals surface area contributed by atoms with Gasteiger partial charge in [0.25, 0.3) is 0 Å². The quantitative estimate of drug-likeness (QED) is 0.244. The average Bonchev–Trinajstić information content (AvgIpc) is 2.75. The van der Waals surface area contributed by atoms with Crippen LogP contribution in [0.1, 0.15) is 6.92 Å². The number of aliphatic hydroxyl groups excluding tert-OH is 3. The van der Waals surface area contributed by atoms with Crippen LogP contribution in [0.2, 0.25) is 0 Å². The summed E-state index contributed by atoms with van der Waals surface area (Å²) in [4.78, 5) is 12.6. The van der Waals surface area contributed by atoms with E-state index < -0.39 is 81.8 Å². The zero-order chi connectivity index (χ0) is 24.2. The van der Waals surface area contributed by atoms with Crippen molar-refractivity contribution in [2.24, 2.45) is 0 Å². The number of aromatic hydroxyl groups is 5. The second-order valence-electron chi connectivity index (χ2n) is 7.59. The van der Waals surface area contributed by atoms with Crippen molar-refractivity contribution >= 4 is 11.0 Å². The molecule has 3 aromatic rings. The van der Waals surface area contributed by atoms with E-state index in [2.05, 4.69) is 0 Å². The SMILES string of the molecule is C[C@H]1OC(Oc2cc(-c3oc4cc(O)cc(O)c4c(=O)c3O)cc(O)c2O)[C@@H](O)[C@@H](O)[C@@H]1O. The van der Waals surface area contributed by atoms with Crippen LogP contribution in [-0.4, -0.2) is 71.6 Å². The molecule has 1 aliphatic rings. The third-order valence-corrected chi connectivity index (χ3v) is 5.30. The Hall–Kier alpha value is -3.71. The summed E-state index contributed by atoms with van der Waals surface area (Å²) in [7, 11) is 0. The molecule has 1 saturated heterocycles. The molecule has 0 bridgehead atoms. The standard InChI is InChI=1S/C21H20O12/c1-6-14(25)17(28)19(30)21(31-6)33-12-3-7(2-10(24)15(12)26)20-18(29)16(27)13-9(23)4-8(22)5-11(13)32-20/h2-6,14,17,19,21-26,28-30H,1H3/t6-,14-,17+,19+,21?/m1/s1. The molecular formula is C21H20O12. The Labute approximate surface area is 184 Å². The molecule has 4 rings (SSSR count). The molecule has 1 fully saturated rings. The first-order chi connectivity index (χ1) is 15.5. The summed E-state index contributed by atoms with van der Waals surface area (Å²) < 4.78 is 16.1. The number of fused-ring (bicyclic) bond motifs is 1. The number of aliphatic hydroxyl groups is 3. The van der Waals surface area contributed by atoms with Crippen LogP contribution >= 0.6 is 0 Å². The molecule has 1 unspecified atom stereocenters. The first-order valence-corrected chi connectivity index (χ1v) is 9.64. The molecule has 8 N–H and O–H groups in total. The Balaban J connectivity index is 1.81. The lowest BCUT2D eigenvalue weighted by Gasteiger charge is -2.38. The van der Waals surface area contributed by atoms with Gasteiger partial charge in [-0.2, -0.15) is 0 Å². The normalized spacial score (nSPS) is 25.3. The summed E-state index contributed by atoms with van der Waals surface area (Å²) in [5.74, 6) is -4.52. The van der Waals surface area contributed by atoms with Crippen LogP contribution in [0, 0.1) is 0 Å². The minimum atomic E-state index is -1.72. The molecule has 176 valence electrons. The lowest BCUT2D eigenvalue weighted by molar-refractivity contribution is -0.268. The van der Waals surface area contributed by atoms with Crippen molar-refractivity contribution in [2.45, 2.75) is 37.6 Å². The van der Waals surface area contributed by atoms with Gasteiger partial charge in [-0.15, -0.1) is 0 Å². The van der Waals surface area contributed by atoms with Crippen molar-refractivity contribution in [1.29, 1.82) is 0 Å². The fraction of sp³-hybridized carbons (Fsp3) is 0.286. The van der Waals surface area contributed by atoms with Crippen molar-refractivity contribution in [3.05, 3.63) is 34.5 Å². The maximum atomic E-state index is 12.6. The van der Waals surface area contributed by atoms with Gasteiger partial charge in [-0.25, -0.2) is 0 Å². The summed E-state index contributed by atoms with van der Waals surface area (Å²) in [6.07, 6.45) is -7.26. The molecule has 12 nitrogen and oxygen atoms in total. The zero-order valence-corrected chi connectivity index (χ0v) is 16.9. The van der Waals surface area contributed by atoms with E-state index >= 15 is 0 Å². The largest absolute Gasteiger partial charge is 0.508 e. The molecule has 0 saturated carbocycles. The van der Waals surface area contributed by atoms with Gasteiger partial charge in [-0.1, -0.05) is 0 Å². The number of phenolic OH excluding ortho intramolecular Hbond substituents is 4. The fourth-order valence-corrected chi connectivity index (χ4v) is 3.52. The van der Waals surface area contributed by atoms with Gasteiger partial charge in [0, 0.05) is 17.7 Å². The van der Waals surface area contributed by atoms with Crippen LogP contribution in [0.3, 0.4) is 0 Å². The minimum Gasteiger partial charge on any atom is -0.508 e.